The summed E-state index contributed by atoms with van der Waals surface area (Å²) in [5.41, 5.74) is 2.03. The van der Waals surface area contributed by atoms with Gasteiger partial charge in [0.25, 0.3) is 0 Å². The number of nitrogens with one attached hydrogen (secondary N) is 2. The van der Waals surface area contributed by atoms with Crippen molar-refractivity contribution < 1.29 is 9.53 Å². The Morgan fingerprint density at radius 2 is 1.90 bits per heavy atom. The predicted molar refractivity (Wildman–Crippen MR) is 82.7 cm³/mol. The van der Waals surface area contributed by atoms with E-state index in [4.69, 9.17) is 4.74 Å². The lowest BCUT2D eigenvalue weighted by molar-refractivity contribution is -0.114. The molecule has 1 aromatic rings. The summed E-state index contributed by atoms with van der Waals surface area (Å²) in [5, 5.41) is 6.09. The van der Waals surface area contributed by atoms with Gasteiger partial charge in [0.15, 0.2) is 0 Å². The Hall–Kier alpha value is -1.39. The fraction of sp³-hybridized carbons (Fsp3) is 0.562. The van der Waals surface area contributed by atoms with Crippen LogP contribution in [0.2, 0.25) is 0 Å². The fourth-order valence-electron chi connectivity index (χ4n) is 1.71. The van der Waals surface area contributed by atoms with Crippen LogP contribution < -0.4 is 10.6 Å². The topological polar surface area (TPSA) is 50.4 Å². The van der Waals surface area contributed by atoms with Crippen molar-refractivity contribution in [2.45, 2.75) is 33.7 Å². The zero-order valence-corrected chi connectivity index (χ0v) is 12.7. The van der Waals surface area contributed by atoms with E-state index in [2.05, 4.69) is 24.5 Å². The van der Waals surface area contributed by atoms with E-state index < -0.39 is 0 Å². The zero-order valence-electron chi connectivity index (χ0n) is 12.7. The number of carbonyl (C=O) groups is 1. The van der Waals surface area contributed by atoms with Gasteiger partial charge < -0.3 is 15.4 Å². The molecule has 0 saturated heterocycles. The van der Waals surface area contributed by atoms with Crippen LogP contribution in [0.25, 0.3) is 0 Å². The molecular formula is C16H26N2O2. The van der Waals surface area contributed by atoms with Gasteiger partial charge in [0.2, 0.25) is 5.91 Å². The average molecular weight is 278 g/mol. The minimum absolute atomic E-state index is 0.0468. The third-order valence-electron chi connectivity index (χ3n) is 2.87. The summed E-state index contributed by atoms with van der Waals surface area (Å²) in [6, 6.07) is 7.85. The molecule has 1 amide bonds. The standard InChI is InChI=1S/C16H26N2O2/c1-13(2)8-10-20-11-9-17-12-15-4-6-16(7-5-15)18-14(3)19/h4-7,13,17H,8-12H2,1-3H3,(H,18,19). The van der Waals surface area contributed by atoms with Crippen molar-refractivity contribution in [2.75, 3.05) is 25.1 Å². The van der Waals surface area contributed by atoms with Gasteiger partial charge in [-0.05, 0) is 30.0 Å². The van der Waals surface area contributed by atoms with Crippen LogP contribution in [0.15, 0.2) is 24.3 Å². The summed E-state index contributed by atoms with van der Waals surface area (Å²) in [5.74, 6) is 0.652. The summed E-state index contributed by atoms with van der Waals surface area (Å²) < 4.78 is 5.54. The smallest absolute Gasteiger partial charge is 0.221 e. The molecule has 0 aliphatic rings. The lowest BCUT2D eigenvalue weighted by Crippen LogP contribution is -2.19. The van der Waals surface area contributed by atoms with E-state index in [1.807, 2.05) is 24.3 Å². The second-order valence-electron chi connectivity index (χ2n) is 5.35. The minimum Gasteiger partial charge on any atom is -0.380 e. The zero-order chi connectivity index (χ0) is 14.8. The number of rotatable bonds is 9. The molecular weight excluding hydrogens is 252 g/mol. The highest BCUT2D eigenvalue weighted by molar-refractivity contribution is 5.88. The number of anilines is 1. The van der Waals surface area contributed by atoms with Crippen LogP contribution in [-0.2, 0) is 16.1 Å². The molecule has 0 aliphatic heterocycles. The summed E-state index contributed by atoms with van der Waals surface area (Å²) in [6.45, 7) is 9.16. The Bertz CT molecular complexity index is 388. The lowest BCUT2D eigenvalue weighted by Gasteiger charge is -2.08. The van der Waals surface area contributed by atoms with Crippen molar-refractivity contribution in [2.24, 2.45) is 5.92 Å². The molecule has 0 unspecified atom stereocenters. The molecule has 4 nitrogen and oxygen atoms in total. The van der Waals surface area contributed by atoms with Crippen molar-refractivity contribution in [3.63, 3.8) is 0 Å². The second-order valence-corrected chi connectivity index (χ2v) is 5.35. The Kier molecular flexibility index (Phi) is 7.92. The van der Waals surface area contributed by atoms with Gasteiger partial charge in [-0.1, -0.05) is 26.0 Å². The first-order valence-corrected chi connectivity index (χ1v) is 7.23. The second kappa shape index (κ2) is 9.50. The van der Waals surface area contributed by atoms with E-state index in [-0.39, 0.29) is 5.91 Å². The molecule has 0 heterocycles. The van der Waals surface area contributed by atoms with Crippen LogP contribution in [0.4, 0.5) is 5.69 Å². The molecule has 0 aromatic heterocycles. The Morgan fingerprint density at radius 1 is 1.20 bits per heavy atom. The van der Waals surface area contributed by atoms with E-state index >= 15 is 0 Å². The van der Waals surface area contributed by atoms with E-state index in [9.17, 15) is 4.79 Å². The average Bonchev–Trinajstić information content (AvgIpc) is 2.38. The molecule has 0 bridgehead atoms. The molecule has 0 saturated carbocycles. The van der Waals surface area contributed by atoms with E-state index in [0.29, 0.717) is 5.92 Å². The lowest BCUT2D eigenvalue weighted by atomic mass is 10.1. The molecule has 1 aromatic carbocycles. The first-order chi connectivity index (χ1) is 9.58. The van der Waals surface area contributed by atoms with Crippen molar-refractivity contribution in [3.8, 4) is 0 Å². The number of hydrogen-bond acceptors (Lipinski definition) is 3. The highest BCUT2D eigenvalue weighted by atomic mass is 16.5. The van der Waals surface area contributed by atoms with Gasteiger partial charge in [0, 0.05) is 32.3 Å². The molecule has 20 heavy (non-hydrogen) atoms. The van der Waals surface area contributed by atoms with Gasteiger partial charge in [0.1, 0.15) is 0 Å². The summed E-state index contributed by atoms with van der Waals surface area (Å²) >= 11 is 0. The summed E-state index contributed by atoms with van der Waals surface area (Å²) in [7, 11) is 0. The Morgan fingerprint density at radius 3 is 2.50 bits per heavy atom. The van der Waals surface area contributed by atoms with Crippen molar-refractivity contribution in [1.29, 1.82) is 0 Å². The van der Waals surface area contributed by atoms with Gasteiger partial charge in [-0.2, -0.15) is 0 Å². The molecule has 0 atom stereocenters. The maximum atomic E-state index is 10.9. The third kappa shape index (κ3) is 7.92. The molecule has 4 heteroatoms. The number of amides is 1. The van der Waals surface area contributed by atoms with Crippen molar-refractivity contribution in [3.05, 3.63) is 29.8 Å². The van der Waals surface area contributed by atoms with Crippen LogP contribution in [0.1, 0.15) is 32.8 Å². The third-order valence-corrected chi connectivity index (χ3v) is 2.87. The number of carbonyl (C=O) groups excluding carboxylic acids is 1. The SMILES string of the molecule is CC(=O)Nc1ccc(CNCCOCCC(C)C)cc1. The van der Waals surface area contributed by atoms with Gasteiger partial charge in [-0.3, -0.25) is 4.79 Å². The monoisotopic (exact) mass is 278 g/mol. The maximum Gasteiger partial charge on any atom is 0.221 e. The minimum atomic E-state index is -0.0468. The van der Waals surface area contributed by atoms with Crippen LogP contribution >= 0.6 is 0 Å². The van der Waals surface area contributed by atoms with Crippen molar-refractivity contribution in [1.82, 2.24) is 5.32 Å². The van der Waals surface area contributed by atoms with E-state index in [1.165, 1.54) is 12.5 Å². The van der Waals surface area contributed by atoms with Gasteiger partial charge in [-0.15, -0.1) is 0 Å². The predicted octanol–water partition coefficient (Wildman–Crippen LogP) is 2.80. The van der Waals surface area contributed by atoms with Gasteiger partial charge in [0.05, 0.1) is 6.61 Å². The molecule has 1 rings (SSSR count). The summed E-state index contributed by atoms with van der Waals surface area (Å²) in [6.07, 6.45) is 1.12. The number of ether oxygens (including phenoxy) is 1. The molecule has 0 radical (unpaired) electrons. The number of benzene rings is 1. The van der Waals surface area contributed by atoms with Crippen LogP contribution in [0, 0.1) is 5.92 Å². The van der Waals surface area contributed by atoms with Crippen LogP contribution in [0.3, 0.4) is 0 Å². The quantitative estimate of drug-likeness (QED) is 0.683. The fourth-order valence-corrected chi connectivity index (χ4v) is 1.71. The Labute approximate surface area is 121 Å². The first kappa shape index (κ1) is 16.7. The first-order valence-electron chi connectivity index (χ1n) is 7.23. The largest absolute Gasteiger partial charge is 0.380 e. The molecule has 112 valence electrons. The molecule has 0 spiro atoms. The van der Waals surface area contributed by atoms with Crippen molar-refractivity contribution >= 4 is 11.6 Å². The molecule has 0 fully saturated rings. The van der Waals surface area contributed by atoms with Gasteiger partial charge in [-0.25, -0.2) is 0 Å². The van der Waals surface area contributed by atoms with Gasteiger partial charge >= 0.3 is 0 Å². The van der Waals surface area contributed by atoms with E-state index in [1.54, 1.807) is 0 Å². The highest BCUT2D eigenvalue weighted by Gasteiger charge is 1.97. The molecule has 2 N–H and O–H groups in total. The summed E-state index contributed by atoms with van der Waals surface area (Å²) in [4.78, 5) is 10.9. The maximum absolute atomic E-state index is 10.9. The van der Waals surface area contributed by atoms with E-state index in [0.717, 1.165) is 38.4 Å². The highest BCUT2D eigenvalue weighted by Crippen LogP contribution is 2.09. The Balaban J connectivity index is 2.11. The number of hydrogen-bond donors (Lipinski definition) is 2. The van der Waals surface area contributed by atoms with Crippen LogP contribution in [-0.4, -0.2) is 25.7 Å². The normalized spacial score (nSPS) is 10.8. The molecule has 0 aliphatic carbocycles. The van der Waals surface area contributed by atoms with Crippen LogP contribution in [0.5, 0.6) is 0 Å².